The zero-order valence-corrected chi connectivity index (χ0v) is 13.3. The van der Waals surface area contributed by atoms with E-state index in [1.807, 2.05) is 6.07 Å². The highest BCUT2D eigenvalue weighted by Crippen LogP contribution is 2.36. The summed E-state index contributed by atoms with van der Waals surface area (Å²) in [6, 6.07) is 7.05. The van der Waals surface area contributed by atoms with Gasteiger partial charge in [0, 0.05) is 0 Å². The molecule has 1 aromatic carbocycles. The molecule has 0 spiro atoms. The van der Waals surface area contributed by atoms with E-state index in [-0.39, 0.29) is 29.9 Å². The molecule has 4 nitrogen and oxygen atoms in total. The van der Waals surface area contributed by atoms with Crippen LogP contribution in [0.2, 0.25) is 13.7 Å². The summed E-state index contributed by atoms with van der Waals surface area (Å²) in [6.07, 6.45) is 0. The van der Waals surface area contributed by atoms with Crippen LogP contribution in [0.15, 0.2) is 29.2 Å². The summed E-state index contributed by atoms with van der Waals surface area (Å²) in [4.78, 5) is -0.227. The van der Waals surface area contributed by atoms with Crippen molar-refractivity contribution in [3.63, 3.8) is 0 Å². The molecule has 0 radical (unpaired) electrons. The van der Waals surface area contributed by atoms with Crippen LogP contribution in [-0.4, -0.2) is 8.42 Å². The summed E-state index contributed by atoms with van der Waals surface area (Å²) in [7, 11) is -4.14. The van der Waals surface area contributed by atoms with Crippen LogP contribution in [0.25, 0.3) is 0 Å². The van der Waals surface area contributed by atoms with E-state index in [1.165, 1.54) is 24.3 Å². The Hall–Kier alpha value is -0.970. The van der Waals surface area contributed by atoms with Crippen LogP contribution in [0.3, 0.4) is 0 Å². The smallest absolute Gasteiger partial charge is 0.341 e. The number of hydrogen-bond acceptors (Lipinski definition) is 5. The lowest BCUT2D eigenvalue weighted by Crippen LogP contribution is -2.09. The Morgan fingerprint density at radius 3 is 2.40 bits per heavy atom. The van der Waals surface area contributed by atoms with Crippen molar-refractivity contribution in [2.45, 2.75) is 4.90 Å². The molecule has 0 saturated carbocycles. The predicted molar refractivity (Wildman–Crippen MR) is 78.3 cm³/mol. The normalized spacial score (nSPS) is 11.1. The first-order valence-electron chi connectivity index (χ1n) is 4.92. The molecule has 0 bridgehead atoms. The van der Waals surface area contributed by atoms with Crippen molar-refractivity contribution in [1.82, 2.24) is 0 Å². The van der Waals surface area contributed by atoms with Gasteiger partial charge in [-0.25, -0.2) is 0 Å². The number of thiophene rings is 1. The molecule has 0 atom stereocenters. The van der Waals surface area contributed by atoms with Gasteiger partial charge in [-0.1, -0.05) is 34.8 Å². The Morgan fingerprint density at radius 1 is 1.20 bits per heavy atom. The molecule has 2 aromatic rings. The van der Waals surface area contributed by atoms with Gasteiger partial charge < -0.3 is 4.18 Å². The Balaban J connectivity index is 2.39. The van der Waals surface area contributed by atoms with Gasteiger partial charge in [0.1, 0.15) is 9.23 Å². The molecule has 1 heterocycles. The van der Waals surface area contributed by atoms with Crippen LogP contribution in [0.5, 0.6) is 5.75 Å². The average molecular weight is 369 g/mol. The quantitative estimate of drug-likeness (QED) is 0.755. The van der Waals surface area contributed by atoms with Crippen molar-refractivity contribution >= 4 is 56.3 Å². The second-order valence-electron chi connectivity index (χ2n) is 3.48. The zero-order valence-electron chi connectivity index (χ0n) is 9.43. The van der Waals surface area contributed by atoms with Crippen molar-refractivity contribution < 1.29 is 12.6 Å². The van der Waals surface area contributed by atoms with E-state index in [4.69, 9.17) is 44.2 Å². The van der Waals surface area contributed by atoms with Crippen LogP contribution in [0.1, 0.15) is 5.56 Å². The van der Waals surface area contributed by atoms with E-state index in [9.17, 15) is 8.42 Å². The van der Waals surface area contributed by atoms with Crippen LogP contribution < -0.4 is 4.18 Å². The minimum absolute atomic E-state index is 0.000215. The Morgan fingerprint density at radius 2 is 1.90 bits per heavy atom. The van der Waals surface area contributed by atoms with E-state index in [1.54, 1.807) is 0 Å². The molecule has 104 valence electrons. The summed E-state index contributed by atoms with van der Waals surface area (Å²) in [6.45, 7) is 0. The largest absolute Gasteiger partial charge is 0.377 e. The second kappa shape index (κ2) is 5.80. The SMILES string of the molecule is N#Cc1ccc(OS(=O)(=O)c2cc(Cl)sc2Cl)c(Cl)c1. The number of nitriles is 1. The van der Waals surface area contributed by atoms with E-state index >= 15 is 0 Å². The maximum absolute atomic E-state index is 12.1. The maximum atomic E-state index is 12.1. The molecule has 0 N–H and O–H groups in total. The number of nitrogens with zero attached hydrogens (tertiary/aromatic N) is 1. The third kappa shape index (κ3) is 3.19. The molecule has 20 heavy (non-hydrogen) atoms. The number of rotatable bonds is 3. The van der Waals surface area contributed by atoms with Gasteiger partial charge in [0.25, 0.3) is 0 Å². The fraction of sp³-hybridized carbons (Fsp3) is 0. The summed E-state index contributed by atoms with van der Waals surface area (Å²) in [5, 5.41) is 8.71. The van der Waals surface area contributed by atoms with Gasteiger partial charge in [0.05, 0.1) is 21.0 Å². The van der Waals surface area contributed by atoms with Crippen LogP contribution >= 0.6 is 46.1 Å². The summed E-state index contributed by atoms with van der Waals surface area (Å²) in [5.41, 5.74) is 0.288. The third-order valence-corrected chi connectivity index (χ3v) is 5.44. The standard InChI is InChI=1S/C11H4Cl3NO3S2/c12-7-3-6(5-15)1-2-8(7)18-20(16,17)9-4-10(13)19-11(9)14/h1-4H. The van der Waals surface area contributed by atoms with Crippen molar-refractivity contribution in [3.8, 4) is 11.8 Å². The van der Waals surface area contributed by atoms with Crippen molar-refractivity contribution in [1.29, 1.82) is 5.26 Å². The van der Waals surface area contributed by atoms with Gasteiger partial charge in [0.2, 0.25) is 0 Å². The van der Waals surface area contributed by atoms with E-state index in [0.29, 0.717) is 0 Å². The summed E-state index contributed by atoms with van der Waals surface area (Å²) < 4.78 is 29.3. The molecule has 0 aliphatic heterocycles. The van der Waals surface area contributed by atoms with Crippen molar-refractivity contribution in [2.24, 2.45) is 0 Å². The van der Waals surface area contributed by atoms with Gasteiger partial charge in [-0.05, 0) is 24.3 Å². The van der Waals surface area contributed by atoms with Gasteiger partial charge in [-0.2, -0.15) is 13.7 Å². The Labute approximate surface area is 134 Å². The van der Waals surface area contributed by atoms with Crippen LogP contribution in [0, 0.1) is 11.3 Å². The van der Waals surface area contributed by atoms with Gasteiger partial charge >= 0.3 is 10.1 Å². The second-order valence-corrected chi connectivity index (χ2v) is 7.69. The van der Waals surface area contributed by atoms with Crippen molar-refractivity contribution in [3.05, 3.63) is 43.5 Å². The topological polar surface area (TPSA) is 67.2 Å². The first-order valence-corrected chi connectivity index (χ1v) is 8.28. The lowest BCUT2D eigenvalue weighted by Gasteiger charge is -2.07. The monoisotopic (exact) mass is 367 g/mol. The van der Waals surface area contributed by atoms with Gasteiger partial charge in [-0.15, -0.1) is 11.3 Å². The summed E-state index contributed by atoms with van der Waals surface area (Å²) >= 11 is 18.2. The Bertz CT molecular complexity index is 809. The van der Waals surface area contributed by atoms with Gasteiger partial charge in [0.15, 0.2) is 5.75 Å². The predicted octanol–water partition coefficient (Wildman–Crippen LogP) is 4.35. The first kappa shape index (κ1) is 15.4. The molecule has 2 rings (SSSR count). The number of hydrogen-bond donors (Lipinski definition) is 0. The zero-order chi connectivity index (χ0) is 14.9. The molecule has 0 aliphatic rings. The minimum Gasteiger partial charge on any atom is -0.377 e. The highest BCUT2D eigenvalue weighted by Gasteiger charge is 2.24. The fourth-order valence-corrected chi connectivity index (χ4v) is 4.62. The molecular formula is C11H4Cl3NO3S2. The first-order chi connectivity index (χ1) is 9.33. The maximum Gasteiger partial charge on any atom is 0.341 e. The minimum atomic E-state index is -4.14. The third-order valence-electron chi connectivity index (χ3n) is 2.16. The van der Waals surface area contributed by atoms with E-state index in [0.717, 1.165) is 11.3 Å². The summed E-state index contributed by atoms with van der Waals surface area (Å²) in [5.74, 6) is -0.0935. The van der Waals surface area contributed by atoms with Gasteiger partial charge in [-0.3, -0.25) is 0 Å². The molecule has 0 saturated heterocycles. The van der Waals surface area contributed by atoms with Crippen LogP contribution in [-0.2, 0) is 10.1 Å². The molecule has 0 aliphatic carbocycles. The molecule has 9 heteroatoms. The molecule has 1 aromatic heterocycles. The lowest BCUT2D eigenvalue weighted by molar-refractivity contribution is 0.486. The molecule has 0 amide bonds. The highest BCUT2D eigenvalue weighted by molar-refractivity contribution is 7.87. The number of benzene rings is 1. The Kier molecular flexibility index (Phi) is 4.47. The lowest BCUT2D eigenvalue weighted by atomic mass is 10.2. The van der Waals surface area contributed by atoms with E-state index < -0.39 is 10.1 Å². The van der Waals surface area contributed by atoms with Crippen molar-refractivity contribution in [2.75, 3.05) is 0 Å². The highest BCUT2D eigenvalue weighted by atomic mass is 35.5. The fourth-order valence-electron chi connectivity index (χ4n) is 1.30. The number of halogens is 3. The molecule has 0 unspecified atom stereocenters. The van der Waals surface area contributed by atoms with Crippen LogP contribution in [0.4, 0.5) is 0 Å². The molecule has 0 fully saturated rings. The molecular weight excluding hydrogens is 365 g/mol. The average Bonchev–Trinajstić information content (AvgIpc) is 2.71. The van der Waals surface area contributed by atoms with E-state index in [2.05, 4.69) is 0 Å².